The Balaban J connectivity index is 1.59. The lowest BCUT2D eigenvalue weighted by atomic mass is 9.89. The van der Waals surface area contributed by atoms with Crippen LogP contribution in [0.5, 0.6) is 0 Å². The first-order chi connectivity index (χ1) is 19.4. The van der Waals surface area contributed by atoms with Crippen LogP contribution >= 0.6 is 0 Å². The highest BCUT2D eigenvalue weighted by atomic mass is 15.1. The fourth-order valence-electron chi connectivity index (χ4n) is 5.71. The predicted molar refractivity (Wildman–Crippen MR) is 167 cm³/mol. The second kappa shape index (κ2) is 9.96. The molecule has 7 aromatic carbocycles. The summed E-state index contributed by atoms with van der Waals surface area (Å²) in [6.45, 7) is 0. The van der Waals surface area contributed by atoms with Crippen LogP contribution < -0.4 is 4.90 Å². The molecule has 39 heavy (non-hydrogen) atoms. The van der Waals surface area contributed by atoms with E-state index in [2.05, 4.69) is 169 Å². The van der Waals surface area contributed by atoms with Crippen LogP contribution in [-0.2, 0) is 0 Å². The maximum absolute atomic E-state index is 2.42. The van der Waals surface area contributed by atoms with Crippen molar-refractivity contribution in [2.75, 3.05) is 4.90 Å². The molecule has 0 bridgehead atoms. The summed E-state index contributed by atoms with van der Waals surface area (Å²) in [4.78, 5) is 2.42. The number of para-hydroxylation sites is 1. The third-order valence-corrected chi connectivity index (χ3v) is 7.45. The van der Waals surface area contributed by atoms with Crippen molar-refractivity contribution >= 4 is 38.6 Å². The molecule has 0 amide bonds. The minimum absolute atomic E-state index is 1.13. The zero-order chi connectivity index (χ0) is 26.0. The Morgan fingerprint density at radius 3 is 1.62 bits per heavy atom. The van der Waals surface area contributed by atoms with Gasteiger partial charge in [0.15, 0.2) is 0 Å². The summed E-state index contributed by atoms with van der Waals surface area (Å²) < 4.78 is 0. The van der Waals surface area contributed by atoms with Crippen molar-refractivity contribution in [3.63, 3.8) is 0 Å². The number of anilines is 3. The van der Waals surface area contributed by atoms with E-state index < -0.39 is 0 Å². The van der Waals surface area contributed by atoms with Gasteiger partial charge in [0.05, 0.1) is 11.4 Å². The Bertz CT molecular complexity index is 1890. The zero-order valence-electron chi connectivity index (χ0n) is 21.5. The molecule has 184 valence electrons. The Morgan fingerprint density at radius 2 is 0.846 bits per heavy atom. The SMILES string of the molecule is c1ccc(-c2c(-c3cccc4ccccc34)cccc2N(c2ccccc2)c2cccc3ccccc23)cc1. The predicted octanol–water partition coefficient (Wildman–Crippen LogP) is 10.8. The van der Waals surface area contributed by atoms with Crippen LogP contribution in [0.3, 0.4) is 0 Å². The molecule has 0 heterocycles. The van der Waals surface area contributed by atoms with E-state index in [1.807, 2.05) is 0 Å². The summed E-state index contributed by atoms with van der Waals surface area (Å²) in [6.07, 6.45) is 0. The van der Waals surface area contributed by atoms with Gasteiger partial charge in [-0.2, -0.15) is 0 Å². The molecule has 7 aromatic rings. The van der Waals surface area contributed by atoms with Crippen LogP contribution in [-0.4, -0.2) is 0 Å². The molecule has 0 aliphatic heterocycles. The van der Waals surface area contributed by atoms with Crippen molar-refractivity contribution in [1.29, 1.82) is 0 Å². The fourth-order valence-corrected chi connectivity index (χ4v) is 5.71. The molecule has 0 N–H and O–H groups in total. The van der Waals surface area contributed by atoms with Gasteiger partial charge in [-0.3, -0.25) is 0 Å². The lowest BCUT2D eigenvalue weighted by Gasteiger charge is -2.30. The lowest BCUT2D eigenvalue weighted by molar-refractivity contribution is 1.30. The Kier molecular flexibility index (Phi) is 5.88. The summed E-state index contributed by atoms with van der Waals surface area (Å²) in [6, 6.07) is 58.7. The number of rotatable bonds is 5. The van der Waals surface area contributed by atoms with Gasteiger partial charge in [-0.05, 0) is 57.1 Å². The Labute approximate surface area is 229 Å². The smallest absolute Gasteiger partial charge is 0.0546 e. The maximum Gasteiger partial charge on any atom is 0.0546 e. The van der Waals surface area contributed by atoms with Crippen molar-refractivity contribution < 1.29 is 0 Å². The van der Waals surface area contributed by atoms with Gasteiger partial charge >= 0.3 is 0 Å². The van der Waals surface area contributed by atoms with E-state index in [4.69, 9.17) is 0 Å². The van der Waals surface area contributed by atoms with Gasteiger partial charge in [0.25, 0.3) is 0 Å². The van der Waals surface area contributed by atoms with Gasteiger partial charge < -0.3 is 4.90 Å². The second-order valence-corrected chi connectivity index (χ2v) is 9.76. The highest BCUT2D eigenvalue weighted by Gasteiger charge is 2.22. The van der Waals surface area contributed by atoms with Crippen LogP contribution in [0.25, 0.3) is 43.8 Å². The summed E-state index contributed by atoms with van der Waals surface area (Å²) in [5, 5.41) is 4.94. The Morgan fingerprint density at radius 1 is 0.333 bits per heavy atom. The molecular formula is C38H27N. The van der Waals surface area contributed by atoms with E-state index in [1.54, 1.807) is 0 Å². The minimum Gasteiger partial charge on any atom is -0.309 e. The Hall–Kier alpha value is -5.14. The van der Waals surface area contributed by atoms with Crippen LogP contribution in [0.1, 0.15) is 0 Å². The number of nitrogens with zero attached hydrogens (tertiary/aromatic N) is 1. The first-order valence-electron chi connectivity index (χ1n) is 13.4. The molecule has 0 spiro atoms. The standard InChI is InChI=1S/C38H27N/c1-3-16-30(17-4-1)38-35(34-24-11-18-28-14-7-9-22-32(28)34)25-13-27-37(38)39(31-20-5-2-6-21-31)36-26-12-19-29-15-8-10-23-33(29)36/h1-27H. The largest absolute Gasteiger partial charge is 0.309 e. The van der Waals surface area contributed by atoms with E-state index in [9.17, 15) is 0 Å². The van der Waals surface area contributed by atoms with Crippen molar-refractivity contribution in [3.05, 3.63) is 164 Å². The highest BCUT2D eigenvalue weighted by molar-refractivity contribution is 6.06. The molecule has 7 rings (SSSR count). The topological polar surface area (TPSA) is 3.24 Å². The summed E-state index contributed by atoms with van der Waals surface area (Å²) in [7, 11) is 0. The van der Waals surface area contributed by atoms with Gasteiger partial charge in [0.2, 0.25) is 0 Å². The van der Waals surface area contributed by atoms with E-state index in [0.29, 0.717) is 0 Å². The van der Waals surface area contributed by atoms with E-state index >= 15 is 0 Å². The van der Waals surface area contributed by atoms with Crippen LogP contribution in [0.4, 0.5) is 17.1 Å². The molecule has 1 heteroatoms. The molecule has 0 aliphatic rings. The fraction of sp³-hybridized carbons (Fsp3) is 0. The second-order valence-electron chi connectivity index (χ2n) is 9.76. The highest BCUT2D eigenvalue weighted by Crippen LogP contribution is 2.47. The molecule has 0 fully saturated rings. The van der Waals surface area contributed by atoms with Gasteiger partial charge in [-0.1, -0.05) is 140 Å². The summed E-state index contributed by atoms with van der Waals surface area (Å²) >= 11 is 0. The molecule has 0 aliphatic carbocycles. The van der Waals surface area contributed by atoms with Gasteiger partial charge in [0.1, 0.15) is 0 Å². The van der Waals surface area contributed by atoms with Crippen molar-refractivity contribution in [1.82, 2.24) is 0 Å². The first kappa shape index (κ1) is 23.0. The number of hydrogen-bond donors (Lipinski definition) is 0. The average molecular weight is 498 g/mol. The van der Waals surface area contributed by atoms with Crippen LogP contribution in [0.15, 0.2) is 164 Å². The van der Waals surface area contributed by atoms with Gasteiger partial charge in [-0.15, -0.1) is 0 Å². The molecule has 0 radical (unpaired) electrons. The number of hydrogen-bond acceptors (Lipinski definition) is 1. The normalized spacial score (nSPS) is 11.1. The molecule has 0 atom stereocenters. The number of benzene rings is 7. The monoisotopic (exact) mass is 497 g/mol. The van der Waals surface area contributed by atoms with E-state index in [-0.39, 0.29) is 0 Å². The van der Waals surface area contributed by atoms with Gasteiger partial charge in [0, 0.05) is 16.6 Å². The molecule has 0 unspecified atom stereocenters. The third-order valence-electron chi connectivity index (χ3n) is 7.45. The van der Waals surface area contributed by atoms with Crippen molar-refractivity contribution in [2.45, 2.75) is 0 Å². The minimum atomic E-state index is 1.13. The molecule has 1 nitrogen and oxygen atoms in total. The summed E-state index contributed by atoms with van der Waals surface area (Å²) in [5.74, 6) is 0. The third kappa shape index (κ3) is 4.15. The van der Waals surface area contributed by atoms with E-state index in [1.165, 1.54) is 43.8 Å². The molecule has 0 saturated heterocycles. The van der Waals surface area contributed by atoms with Crippen LogP contribution in [0.2, 0.25) is 0 Å². The first-order valence-corrected chi connectivity index (χ1v) is 13.4. The summed E-state index contributed by atoms with van der Waals surface area (Å²) in [5.41, 5.74) is 8.29. The van der Waals surface area contributed by atoms with Crippen molar-refractivity contribution in [2.24, 2.45) is 0 Å². The van der Waals surface area contributed by atoms with E-state index in [0.717, 1.165) is 17.1 Å². The maximum atomic E-state index is 2.42. The number of fused-ring (bicyclic) bond motifs is 2. The quantitative estimate of drug-likeness (QED) is 0.229. The van der Waals surface area contributed by atoms with Gasteiger partial charge in [-0.25, -0.2) is 0 Å². The molecule has 0 aromatic heterocycles. The molecule has 0 saturated carbocycles. The lowest BCUT2D eigenvalue weighted by Crippen LogP contribution is -2.12. The van der Waals surface area contributed by atoms with Crippen LogP contribution in [0, 0.1) is 0 Å². The van der Waals surface area contributed by atoms with Crippen molar-refractivity contribution in [3.8, 4) is 22.3 Å². The average Bonchev–Trinajstić information content (AvgIpc) is 3.02. The molecular weight excluding hydrogens is 470 g/mol. The zero-order valence-corrected chi connectivity index (χ0v) is 21.5.